The molecule has 1 nitrogen and oxygen atoms in total. The number of rotatable bonds is 1. The van der Waals surface area contributed by atoms with Gasteiger partial charge in [0.25, 0.3) is 0 Å². The summed E-state index contributed by atoms with van der Waals surface area (Å²) in [5, 5.41) is 1.20. The van der Waals surface area contributed by atoms with Gasteiger partial charge < -0.3 is 0 Å². The molecule has 0 N–H and O–H groups in total. The second kappa shape index (κ2) is 2.80. The van der Waals surface area contributed by atoms with Gasteiger partial charge in [0.1, 0.15) is 0 Å². The first-order valence-corrected chi connectivity index (χ1v) is 4.60. The zero-order chi connectivity index (χ0) is 7.68. The Morgan fingerprint density at radius 2 is 2.36 bits per heavy atom. The van der Waals surface area contributed by atoms with Gasteiger partial charge in [-0.25, -0.2) is 0 Å². The number of hydrogen-bond acceptors (Lipinski definition) is 2. The molecule has 0 radical (unpaired) electrons. The highest BCUT2D eigenvalue weighted by Gasteiger charge is 1.96. The van der Waals surface area contributed by atoms with Crippen LogP contribution in [-0.4, -0.2) is 4.37 Å². The van der Waals surface area contributed by atoms with E-state index in [1.807, 2.05) is 12.3 Å². The summed E-state index contributed by atoms with van der Waals surface area (Å²) in [6, 6.07) is 6.17. The molecule has 0 bridgehead atoms. The van der Waals surface area contributed by atoms with E-state index in [2.05, 4.69) is 16.5 Å². The highest BCUT2D eigenvalue weighted by Crippen LogP contribution is 2.19. The van der Waals surface area contributed by atoms with Crippen molar-refractivity contribution in [1.82, 2.24) is 4.37 Å². The van der Waals surface area contributed by atoms with Crippen molar-refractivity contribution < 1.29 is 0 Å². The van der Waals surface area contributed by atoms with E-state index in [9.17, 15) is 0 Å². The third-order valence-corrected chi connectivity index (χ3v) is 2.64. The molecule has 1 heterocycles. The monoisotopic (exact) mass is 183 g/mol. The van der Waals surface area contributed by atoms with Gasteiger partial charge in [0, 0.05) is 17.5 Å². The lowest BCUT2D eigenvalue weighted by molar-refractivity contribution is 1.43. The number of benzene rings is 1. The van der Waals surface area contributed by atoms with Crippen molar-refractivity contribution >= 4 is 33.2 Å². The smallest absolute Gasteiger partial charge is 0.0553 e. The average Bonchev–Trinajstić information content (AvgIpc) is 2.50. The van der Waals surface area contributed by atoms with Crippen LogP contribution in [0, 0.1) is 0 Å². The minimum atomic E-state index is 0.577. The van der Waals surface area contributed by atoms with Crippen LogP contribution < -0.4 is 0 Å². The molecule has 0 aliphatic rings. The van der Waals surface area contributed by atoms with Crippen LogP contribution in [0.5, 0.6) is 0 Å². The summed E-state index contributed by atoms with van der Waals surface area (Å²) in [6.07, 6.45) is 1.87. The van der Waals surface area contributed by atoms with Gasteiger partial charge >= 0.3 is 0 Å². The molecule has 0 fully saturated rings. The standard InChI is InChI=1S/C8H6ClNS/c9-4-6-1-2-7-5-10-11-8(7)3-6/h1-3,5H,4H2. The van der Waals surface area contributed by atoms with Crippen molar-refractivity contribution in [1.29, 1.82) is 0 Å². The molecule has 3 heteroatoms. The molecule has 2 aromatic rings. The summed E-state index contributed by atoms with van der Waals surface area (Å²) < 4.78 is 5.29. The lowest BCUT2D eigenvalue weighted by Crippen LogP contribution is -1.73. The van der Waals surface area contributed by atoms with Crippen molar-refractivity contribution in [3.8, 4) is 0 Å². The molecule has 56 valence electrons. The summed E-state index contributed by atoms with van der Waals surface area (Å²) in [6.45, 7) is 0. The molecule has 0 atom stereocenters. The molecule has 0 amide bonds. The maximum Gasteiger partial charge on any atom is 0.0553 e. The Morgan fingerprint density at radius 3 is 3.18 bits per heavy atom. The van der Waals surface area contributed by atoms with Crippen LogP contribution in [-0.2, 0) is 5.88 Å². The maximum absolute atomic E-state index is 5.68. The van der Waals surface area contributed by atoms with Crippen molar-refractivity contribution in [2.24, 2.45) is 0 Å². The van der Waals surface area contributed by atoms with Gasteiger partial charge in [-0.2, -0.15) is 4.37 Å². The third kappa shape index (κ3) is 1.24. The van der Waals surface area contributed by atoms with E-state index in [-0.39, 0.29) is 0 Å². The Balaban J connectivity index is 2.67. The summed E-state index contributed by atoms with van der Waals surface area (Å²) in [4.78, 5) is 0. The molecule has 0 saturated carbocycles. The molecule has 0 spiro atoms. The summed E-state index contributed by atoms with van der Waals surface area (Å²) in [5.74, 6) is 0.577. The molecule has 0 aliphatic heterocycles. The van der Waals surface area contributed by atoms with E-state index in [0.717, 1.165) is 5.56 Å². The summed E-state index contributed by atoms with van der Waals surface area (Å²) in [5.41, 5.74) is 1.16. The topological polar surface area (TPSA) is 12.9 Å². The highest BCUT2D eigenvalue weighted by atomic mass is 35.5. The second-order valence-corrected chi connectivity index (χ2v) is 3.43. The first-order valence-electron chi connectivity index (χ1n) is 3.29. The van der Waals surface area contributed by atoms with Gasteiger partial charge in [0.2, 0.25) is 0 Å². The largest absolute Gasteiger partial charge is 0.200 e. The van der Waals surface area contributed by atoms with Crippen molar-refractivity contribution in [2.75, 3.05) is 0 Å². The van der Waals surface area contributed by atoms with Gasteiger partial charge in [-0.3, -0.25) is 0 Å². The van der Waals surface area contributed by atoms with Crippen molar-refractivity contribution in [2.45, 2.75) is 5.88 Å². The van der Waals surface area contributed by atoms with E-state index >= 15 is 0 Å². The van der Waals surface area contributed by atoms with Crippen LogP contribution in [0.2, 0.25) is 0 Å². The fourth-order valence-corrected chi connectivity index (χ4v) is 1.86. The lowest BCUT2D eigenvalue weighted by atomic mass is 10.2. The molecular weight excluding hydrogens is 178 g/mol. The minimum absolute atomic E-state index is 0.577. The number of aromatic nitrogens is 1. The SMILES string of the molecule is ClCc1ccc2cnsc2c1. The van der Waals surface area contributed by atoms with E-state index in [1.54, 1.807) is 0 Å². The zero-order valence-electron chi connectivity index (χ0n) is 5.75. The van der Waals surface area contributed by atoms with Crippen LogP contribution >= 0.6 is 23.1 Å². The summed E-state index contributed by atoms with van der Waals surface area (Å²) >= 11 is 7.19. The second-order valence-electron chi connectivity index (χ2n) is 2.33. The predicted molar refractivity (Wildman–Crippen MR) is 49.2 cm³/mol. The van der Waals surface area contributed by atoms with Crippen LogP contribution in [0.25, 0.3) is 10.1 Å². The van der Waals surface area contributed by atoms with Crippen LogP contribution in [0.1, 0.15) is 5.56 Å². The molecule has 0 unspecified atom stereocenters. The highest BCUT2D eigenvalue weighted by molar-refractivity contribution is 7.13. The minimum Gasteiger partial charge on any atom is -0.200 e. The number of hydrogen-bond donors (Lipinski definition) is 0. The van der Waals surface area contributed by atoms with Crippen LogP contribution in [0.4, 0.5) is 0 Å². The predicted octanol–water partition coefficient (Wildman–Crippen LogP) is 3.04. The van der Waals surface area contributed by atoms with E-state index < -0.39 is 0 Å². The Labute approximate surface area is 73.8 Å². The normalized spacial score (nSPS) is 10.6. The Morgan fingerprint density at radius 1 is 1.45 bits per heavy atom. The molecule has 11 heavy (non-hydrogen) atoms. The van der Waals surface area contributed by atoms with Crippen molar-refractivity contribution in [3.63, 3.8) is 0 Å². The number of alkyl halides is 1. The van der Waals surface area contributed by atoms with Gasteiger partial charge in [0.15, 0.2) is 0 Å². The molecule has 0 aliphatic carbocycles. The summed E-state index contributed by atoms with van der Waals surface area (Å²) in [7, 11) is 0. The first-order chi connectivity index (χ1) is 5.40. The maximum atomic E-state index is 5.68. The molecule has 1 aromatic carbocycles. The number of nitrogens with zero attached hydrogens (tertiary/aromatic N) is 1. The van der Waals surface area contributed by atoms with E-state index in [4.69, 9.17) is 11.6 Å². The Hall–Kier alpha value is -0.600. The number of halogens is 1. The van der Waals surface area contributed by atoms with E-state index in [1.165, 1.54) is 21.6 Å². The number of fused-ring (bicyclic) bond motifs is 1. The first kappa shape index (κ1) is 7.07. The quantitative estimate of drug-likeness (QED) is 0.620. The van der Waals surface area contributed by atoms with Gasteiger partial charge in [-0.1, -0.05) is 12.1 Å². The van der Waals surface area contributed by atoms with Gasteiger partial charge in [-0.15, -0.1) is 11.6 Å². The fraction of sp³-hybridized carbons (Fsp3) is 0.125. The van der Waals surface area contributed by atoms with Crippen LogP contribution in [0.3, 0.4) is 0 Å². The Kier molecular flexibility index (Phi) is 1.80. The zero-order valence-corrected chi connectivity index (χ0v) is 7.32. The molecule has 1 aromatic heterocycles. The van der Waals surface area contributed by atoms with Crippen molar-refractivity contribution in [3.05, 3.63) is 30.0 Å². The van der Waals surface area contributed by atoms with Gasteiger partial charge in [-0.05, 0) is 23.2 Å². The lowest BCUT2D eigenvalue weighted by Gasteiger charge is -1.92. The molecule has 0 saturated heterocycles. The molecular formula is C8H6ClNS. The van der Waals surface area contributed by atoms with Gasteiger partial charge in [0.05, 0.1) is 4.70 Å². The van der Waals surface area contributed by atoms with Crippen LogP contribution in [0.15, 0.2) is 24.4 Å². The average molecular weight is 184 g/mol. The van der Waals surface area contributed by atoms with E-state index in [0.29, 0.717) is 5.88 Å². The fourth-order valence-electron chi connectivity index (χ4n) is 0.988. The Bertz CT molecular complexity index is 369. The third-order valence-electron chi connectivity index (χ3n) is 1.58. The molecule has 2 rings (SSSR count).